The molecule has 26 heavy (non-hydrogen) atoms. The molecule has 0 spiro atoms. The number of thioether (sulfide) groups is 1. The quantitative estimate of drug-likeness (QED) is 0.495. The van der Waals surface area contributed by atoms with Gasteiger partial charge in [-0.1, -0.05) is 11.8 Å². The van der Waals surface area contributed by atoms with Crippen molar-refractivity contribution in [3.63, 3.8) is 0 Å². The minimum Gasteiger partial charge on any atom is -0.504 e. The highest BCUT2D eigenvalue weighted by atomic mass is 32.2. The fraction of sp³-hybridized carbons (Fsp3) is 0.125. The molecule has 2 aromatic heterocycles. The SMILES string of the molecule is COc1cc(/C=N/n2cnnc2SCc2cc(=O)c(O)co2)ccc1O. The van der Waals surface area contributed by atoms with Gasteiger partial charge in [-0.05, 0) is 23.8 Å². The second-order valence-corrected chi connectivity index (χ2v) is 5.96. The Labute approximate surface area is 151 Å². The van der Waals surface area contributed by atoms with Crippen molar-refractivity contribution in [3.05, 3.63) is 58.4 Å². The van der Waals surface area contributed by atoms with Crippen molar-refractivity contribution in [3.8, 4) is 17.2 Å². The number of methoxy groups -OCH3 is 1. The summed E-state index contributed by atoms with van der Waals surface area (Å²) < 4.78 is 11.7. The van der Waals surface area contributed by atoms with E-state index in [4.69, 9.17) is 9.15 Å². The lowest BCUT2D eigenvalue weighted by Crippen LogP contribution is -1.99. The van der Waals surface area contributed by atoms with Gasteiger partial charge in [0.25, 0.3) is 0 Å². The summed E-state index contributed by atoms with van der Waals surface area (Å²) in [7, 11) is 1.46. The average Bonchev–Trinajstić information content (AvgIpc) is 3.09. The summed E-state index contributed by atoms with van der Waals surface area (Å²) in [5, 5.41) is 31.3. The zero-order valence-electron chi connectivity index (χ0n) is 13.6. The van der Waals surface area contributed by atoms with Gasteiger partial charge in [-0.3, -0.25) is 4.79 Å². The third-order valence-electron chi connectivity index (χ3n) is 3.25. The molecule has 2 heterocycles. The molecule has 0 amide bonds. The Balaban J connectivity index is 1.72. The average molecular weight is 374 g/mol. The molecular formula is C16H14N4O5S. The Bertz CT molecular complexity index is 998. The number of phenols is 1. The molecule has 0 saturated carbocycles. The number of phenolic OH excluding ortho intramolecular Hbond substituents is 1. The summed E-state index contributed by atoms with van der Waals surface area (Å²) in [6.45, 7) is 0. The predicted molar refractivity (Wildman–Crippen MR) is 93.9 cm³/mol. The van der Waals surface area contributed by atoms with Crippen LogP contribution in [0.3, 0.4) is 0 Å². The standard InChI is InChI=1S/C16H14N4O5S/c1-24-15-4-10(2-3-12(15)21)6-18-20-9-17-19-16(20)26-8-11-5-13(22)14(23)7-25-11/h2-7,9,21,23H,8H2,1H3/b18-6+. The zero-order valence-corrected chi connectivity index (χ0v) is 14.4. The van der Waals surface area contributed by atoms with Gasteiger partial charge < -0.3 is 19.4 Å². The molecule has 0 fully saturated rings. The third-order valence-corrected chi connectivity index (χ3v) is 4.20. The molecule has 2 N–H and O–H groups in total. The highest BCUT2D eigenvalue weighted by Gasteiger charge is 2.08. The van der Waals surface area contributed by atoms with Crippen molar-refractivity contribution >= 4 is 18.0 Å². The number of ether oxygens (including phenoxy) is 1. The van der Waals surface area contributed by atoms with Crippen LogP contribution in [0.15, 0.2) is 56.3 Å². The smallest absolute Gasteiger partial charge is 0.226 e. The zero-order chi connectivity index (χ0) is 18.5. The minimum absolute atomic E-state index is 0.0422. The van der Waals surface area contributed by atoms with E-state index in [0.29, 0.717) is 28.0 Å². The third kappa shape index (κ3) is 4.03. The fourth-order valence-corrected chi connectivity index (χ4v) is 2.71. The van der Waals surface area contributed by atoms with Crippen molar-refractivity contribution in [1.29, 1.82) is 0 Å². The second-order valence-electron chi connectivity index (χ2n) is 5.02. The molecule has 3 aromatic rings. The maximum atomic E-state index is 11.4. The number of hydrogen-bond donors (Lipinski definition) is 2. The van der Waals surface area contributed by atoms with Crippen LogP contribution in [-0.2, 0) is 5.75 Å². The van der Waals surface area contributed by atoms with Gasteiger partial charge in [0.1, 0.15) is 18.4 Å². The van der Waals surface area contributed by atoms with E-state index in [9.17, 15) is 15.0 Å². The molecule has 1 aromatic carbocycles. The number of benzene rings is 1. The molecular weight excluding hydrogens is 360 g/mol. The number of aromatic nitrogens is 3. The molecule has 0 saturated heterocycles. The largest absolute Gasteiger partial charge is 0.504 e. The first-order valence-corrected chi connectivity index (χ1v) is 8.30. The lowest BCUT2D eigenvalue weighted by atomic mass is 10.2. The summed E-state index contributed by atoms with van der Waals surface area (Å²) in [5.74, 6) is 0.655. The van der Waals surface area contributed by atoms with Crippen LogP contribution in [0.25, 0.3) is 0 Å². The maximum Gasteiger partial charge on any atom is 0.226 e. The van der Waals surface area contributed by atoms with Gasteiger partial charge in [0.2, 0.25) is 10.6 Å². The summed E-state index contributed by atoms with van der Waals surface area (Å²) in [6, 6.07) is 6.05. The predicted octanol–water partition coefficient (Wildman–Crippen LogP) is 1.83. The van der Waals surface area contributed by atoms with E-state index in [-0.39, 0.29) is 5.75 Å². The Morgan fingerprint density at radius 1 is 1.35 bits per heavy atom. The van der Waals surface area contributed by atoms with Crippen molar-refractivity contribution in [2.24, 2.45) is 5.10 Å². The van der Waals surface area contributed by atoms with Gasteiger partial charge in [0.15, 0.2) is 17.2 Å². The first kappa shape index (κ1) is 17.5. The van der Waals surface area contributed by atoms with E-state index >= 15 is 0 Å². The number of hydrogen-bond acceptors (Lipinski definition) is 9. The van der Waals surface area contributed by atoms with Gasteiger partial charge in [-0.15, -0.1) is 10.2 Å². The maximum absolute atomic E-state index is 11.4. The summed E-state index contributed by atoms with van der Waals surface area (Å²) >= 11 is 1.26. The molecule has 0 aliphatic rings. The van der Waals surface area contributed by atoms with Crippen LogP contribution in [-0.4, -0.2) is 38.4 Å². The van der Waals surface area contributed by atoms with E-state index in [2.05, 4.69) is 15.3 Å². The molecule has 0 bridgehead atoms. The normalized spacial score (nSPS) is 11.1. The summed E-state index contributed by atoms with van der Waals surface area (Å²) in [5.41, 5.74) is 0.210. The van der Waals surface area contributed by atoms with Crippen molar-refractivity contribution in [2.75, 3.05) is 7.11 Å². The Kier molecular flexibility index (Phi) is 5.23. The van der Waals surface area contributed by atoms with E-state index < -0.39 is 11.2 Å². The first-order valence-electron chi connectivity index (χ1n) is 7.31. The van der Waals surface area contributed by atoms with Crippen molar-refractivity contribution in [1.82, 2.24) is 14.9 Å². The molecule has 3 rings (SSSR count). The topological polar surface area (TPSA) is 123 Å². The Hall–Kier alpha value is -3.27. The molecule has 10 heteroatoms. The first-order chi connectivity index (χ1) is 12.6. The minimum atomic E-state index is -0.507. The number of nitrogens with zero attached hydrogens (tertiary/aromatic N) is 4. The van der Waals surface area contributed by atoms with Crippen LogP contribution in [0.1, 0.15) is 11.3 Å². The van der Waals surface area contributed by atoms with Crippen LogP contribution < -0.4 is 10.2 Å². The number of rotatable bonds is 6. The van der Waals surface area contributed by atoms with Crippen LogP contribution in [0.4, 0.5) is 0 Å². The van der Waals surface area contributed by atoms with Gasteiger partial charge in [0.05, 0.1) is 19.1 Å². The number of aromatic hydroxyl groups is 2. The van der Waals surface area contributed by atoms with E-state index in [0.717, 1.165) is 6.26 Å². The van der Waals surface area contributed by atoms with Crippen molar-refractivity contribution < 1.29 is 19.4 Å². The van der Waals surface area contributed by atoms with Crippen LogP contribution >= 0.6 is 11.8 Å². The molecule has 0 aliphatic heterocycles. The molecule has 0 unspecified atom stereocenters. The summed E-state index contributed by atoms with van der Waals surface area (Å²) in [4.78, 5) is 11.4. The van der Waals surface area contributed by atoms with E-state index in [1.165, 1.54) is 42.0 Å². The molecule has 0 aliphatic carbocycles. The van der Waals surface area contributed by atoms with E-state index in [1.54, 1.807) is 18.3 Å². The fourth-order valence-electron chi connectivity index (χ4n) is 1.95. The van der Waals surface area contributed by atoms with Crippen LogP contribution in [0, 0.1) is 0 Å². The lowest BCUT2D eigenvalue weighted by molar-refractivity contribution is 0.373. The molecule has 0 radical (unpaired) electrons. The lowest BCUT2D eigenvalue weighted by Gasteiger charge is -2.04. The van der Waals surface area contributed by atoms with Crippen molar-refractivity contribution in [2.45, 2.75) is 10.9 Å². The highest BCUT2D eigenvalue weighted by Crippen LogP contribution is 2.25. The van der Waals surface area contributed by atoms with Gasteiger partial charge in [-0.2, -0.15) is 9.78 Å². The second kappa shape index (κ2) is 7.74. The molecule has 0 atom stereocenters. The highest BCUT2D eigenvalue weighted by molar-refractivity contribution is 7.98. The molecule has 9 nitrogen and oxygen atoms in total. The van der Waals surface area contributed by atoms with Gasteiger partial charge in [-0.25, -0.2) is 0 Å². The summed E-state index contributed by atoms with van der Waals surface area (Å²) in [6.07, 6.45) is 4.00. The Morgan fingerprint density at radius 2 is 2.19 bits per heavy atom. The van der Waals surface area contributed by atoms with Crippen LogP contribution in [0.5, 0.6) is 17.2 Å². The Morgan fingerprint density at radius 3 is 2.96 bits per heavy atom. The van der Waals surface area contributed by atoms with E-state index in [1.807, 2.05) is 0 Å². The monoisotopic (exact) mass is 374 g/mol. The van der Waals surface area contributed by atoms with Gasteiger partial charge >= 0.3 is 0 Å². The van der Waals surface area contributed by atoms with Gasteiger partial charge in [0, 0.05) is 6.07 Å². The van der Waals surface area contributed by atoms with Crippen LogP contribution in [0.2, 0.25) is 0 Å². The molecule has 134 valence electrons.